The lowest BCUT2D eigenvalue weighted by Gasteiger charge is -2.10. The molecular weight excluding hydrogens is 402 g/mol. The Morgan fingerprint density at radius 2 is 1.69 bits per heavy atom. The number of carbonyl (C=O) groups is 3. The summed E-state index contributed by atoms with van der Waals surface area (Å²) in [6, 6.07) is 4.06. The van der Waals surface area contributed by atoms with Crippen molar-refractivity contribution < 1.29 is 38.4 Å². The van der Waals surface area contributed by atoms with Crippen molar-refractivity contribution in [3.63, 3.8) is 0 Å². The minimum atomic E-state index is -0.879. The molecule has 0 aliphatic carbocycles. The second-order valence-corrected chi connectivity index (χ2v) is 6.60. The molecule has 2 rings (SSSR count). The summed E-state index contributed by atoms with van der Waals surface area (Å²) in [4.78, 5) is 37.0. The maximum atomic E-state index is 12.4. The molecule has 0 radical (unpaired) electrons. The quantitative estimate of drug-likeness (QED) is 0.485. The molecule has 29 heavy (non-hydrogen) atoms. The molecule has 156 valence electrons. The maximum Gasteiger partial charge on any atom is 0.348 e. The Morgan fingerprint density at radius 1 is 1.03 bits per heavy atom. The van der Waals surface area contributed by atoms with Gasteiger partial charge in [-0.2, -0.15) is 0 Å². The van der Waals surface area contributed by atoms with E-state index in [-0.39, 0.29) is 45.5 Å². The van der Waals surface area contributed by atoms with Crippen LogP contribution in [0.2, 0.25) is 0 Å². The van der Waals surface area contributed by atoms with Crippen molar-refractivity contribution in [2.24, 2.45) is 0 Å². The van der Waals surface area contributed by atoms with E-state index in [1.54, 1.807) is 13.8 Å². The molecule has 9 nitrogen and oxygen atoms in total. The first-order chi connectivity index (χ1) is 13.8. The number of carbonyl (C=O) groups excluding carboxylic acids is 3. The number of nitrogen functional groups attached to an aromatic ring is 1. The Morgan fingerprint density at radius 3 is 2.31 bits per heavy atom. The molecule has 10 heteroatoms. The van der Waals surface area contributed by atoms with E-state index in [1.807, 2.05) is 0 Å². The highest BCUT2D eigenvalue weighted by Crippen LogP contribution is 2.33. The fourth-order valence-corrected chi connectivity index (χ4v) is 3.39. The number of benzene rings is 1. The third-order valence-corrected chi connectivity index (χ3v) is 4.79. The van der Waals surface area contributed by atoms with Gasteiger partial charge in [0, 0.05) is 5.56 Å². The molecule has 0 saturated heterocycles. The third kappa shape index (κ3) is 4.96. The number of aromatic hydroxyl groups is 1. The molecule has 1 aromatic carbocycles. The topological polar surface area (TPSA) is 134 Å². The molecule has 0 aliphatic heterocycles. The zero-order valence-electron chi connectivity index (χ0n) is 16.1. The lowest BCUT2D eigenvalue weighted by Crippen LogP contribution is -2.14. The first-order valence-electron chi connectivity index (χ1n) is 8.63. The van der Waals surface area contributed by atoms with E-state index in [2.05, 4.69) is 0 Å². The van der Waals surface area contributed by atoms with Crippen molar-refractivity contribution in [2.75, 3.05) is 26.1 Å². The van der Waals surface area contributed by atoms with Crippen LogP contribution in [0.15, 0.2) is 18.2 Å². The fourth-order valence-electron chi connectivity index (χ4n) is 2.43. The van der Waals surface area contributed by atoms with E-state index >= 15 is 0 Å². The fraction of sp³-hybridized carbons (Fsp3) is 0.316. The van der Waals surface area contributed by atoms with Crippen molar-refractivity contribution >= 4 is 34.2 Å². The minimum absolute atomic E-state index is 0.0371. The largest absolute Gasteiger partial charge is 0.507 e. The number of hydrogen-bond donors (Lipinski definition) is 2. The Balaban J connectivity index is 2.36. The molecule has 1 heterocycles. The number of phenols is 1. The van der Waals surface area contributed by atoms with Gasteiger partial charge in [-0.1, -0.05) is 0 Å². The van der Waals surface area contributed by atoms with Gasteiger partial charge in [-0.15, -0.1) is 11.3 Å². The van der Waals surface area contributed by atoms with Crippen molar-refractivity contribution in [1.82, 2.24) is 0 Å². The predicted molar refractivity (Wildman–Crippen MR) is 104 cm³/mol. The summed E-state index contributed by atoms with van der Waals surface area (Å²) >= 11 is 0.842. The van der Waals surface area contributed by atoms with Crippen LogP contribution in [0.3, 0.4) is 0 Å². The van der Waals surface area contributed by atoms with Crippen LogP contribution in [-0.4, -0.2) is 43.3 Å². The first-order valence-corrected chi connectivity index (χ1v) is 9.45. The second kappa shape index (κ2) is 9.78. The standard InChI is InChI=1S/C19H21NO8S/c1-4-26-18(23)14-12(15(29-16(14)20)19(24)27-5-2)9-28-17(22)11-8-10(25-3)6-7-13(11)21/h6-8,21H,4-5,9,20H2,1-3H3. The molecule has 0 spiro atoms. The summed E-state index contributed by atoms with van der Waals surface area (Å²) < 4.78 is 20.2. The van der Waals surface area contributed by atoms with Crippen molar-refractivity contribution in [3.05, 3.63) is 39.8 Å². The number of thiophene rings is 1. The molecule has 2 aromatic rings. The summed E-state index contributed by atoms with van der Waals surface area (Å²) in [6.07, 6.45) is 0. The number of methoxy groups -OCH3 is 1. The molecule has 0 aliphatic rings. The van der Waals surface area contributed by atoms with E-state index in [1.165, 1.54) is 25.3 Å². The average Bonchev–Trinajstić information content (AvgIpc) is 3.03. The van der Waals surface area contributed by atoms with E-state index in [0.29, 0.717) is 5.75 Å². The Hall–Kier alpha value is -3.27. The number of hydrogen-bond acceptors (Lipinski definition) is 10. The number of phenolic OH excluding ortho intramolecular Hbond substituents is 1. The molecule has 0 bridgehead atoms. The summed E-state index contributed by atoms with van der Waals surface area (Å²) in [7, 11) is 1.41. The summed E-state index contributed by atoms with van der Waals surface area (Å²) in [5.74, 6) is -2.29. The molecule has 0 fully saturated rings. The number of anilines is 1. The molecule has 0 saturated carbocycles. The normalized spacial score (nSPS) is 10.3. The zero-order chi connectivity index (χ0) is 21.6. The van der Waals surface area contributed by atoms with E-state index in [9.17, 15) is 19.5 Å². The Labute approximate surface area is 170 Å². The van der Waals surface area contributed by atoms with Gasteiger partial charge in [0.2, 0.25) is 0 Å². The summed E-state index contributed by atoms with van der Waals surface area (Å²) in [5.41, 5.74) is 5.79. The van der Waals surface area contributed by atoms with Gasteiger partial charge in [-0.05, 0) is 32.0 Å². The molecular formula is C19H21NO8S. The predicted octanol–water partition coefficient (Wildman–Crippen LogP) is 2.75. The van der Waals surface area contributed by atoms with E-state index < -0.39 is 24.5 Å². The van der Waals surface area contributed by atoms with Crippen LogP contribution in [0.4, 0.5) is 5.00 Å². The molecule has 0 atom stereocenters. The maximum absolute atomic E-state index is 12.4. The zero-order valence-corrected chi connectivity index (χ0v) is 17.0. The van der Waals surface area contributed by atoms with Gasteiger partial charge in [0.1, 0.15) is 39.1 Å². The SMILES string of the molecule is CCOC(=O)c1sc(N)c(C(=O)OCC)c1COC(=O)c1cc(OC)ccc1O. The van der Waals surface area contributed by atoms with Gasteiger partial charge < -0.3 is 29.8 Å². The summed E-state index contributed by atoms with van der Waals surface area (Å²) in [5, 5.41) is 9.95. The minimum Gasteiger partial charge on any atom is -0.507 e. The van der Waals surface area contributed by atoms with Gasteiger partial charge in [-0.3, -0.25) is 0 Å². The Kier molecular flexibility index (Phi) is 7.43. The smallest absolute Gasteiger partial charge is 0.348 e. The van der Waals surface area contributed by atoms with Gasteiger partial charge in [0.25, 0.3) is 0 Å². The van der Waals surface area contributed by atoms with Crippen LogP contribution < -0.4 is 10.5 Å². The average molecular weight is 423 g/mol. The lowest BCUT2D eigenvalue weighted by atomic mass is 10.1. The van der Waals surface area contributed by atoms with Crippen molar-refractivity contribution in [2.45, 2.75) is 20.5 Å². The highest BCUT2D eigenvalue weighted by molar-refractivity contribution is 7.18. The third-order valence-electron chi connectivity index (χ3n) is 3.75. The van der Waals surface area contributed by atoms with Gasteiger partial charge in [0.05, 0.1) is 20.3 Å². The van der Waals surface area contributed by atoms with Gasteiger partial charge >= 0.3 is 17.9 Å². The van der Waals surface area contributed by atoms with Crippen LogP contribution in [0.1, 0.15) is 49.8 Å². The summed E-state index contributed by atoms with van der Waals surface area (Å²) in [6.45, 7) is 3.01. The van der Waals surface area contributed by atoms with Gasteiger partial charge in [-0.25, -0.2) is 14.4 Å². The number of ether oxygens (including phenoxy) is 4. The number of esters is 3. The lowest BCUT2D eigenvalue weighted by molar-refractivity contribution is 0.0434. The van der Waals surface area contributed by atoms with Crippen molar-refractivity contribution in [3.8, 4) is 11.5 Å². The Bertz CT molecular complexity index is 921. The second-order valence-electron chi connectivity index (χ2n) is 5.55. The first kappa shape index (κ1) is 22.0. The van der Waals surface area contributed by atoms with Crippen LogP contribution in [0.25, 0.3) is 0 Å². The monoisotopic (exact) mass is 423 g/mol. The number of nitrogens with two attached hydrogens (primary N) is 1. The van der Waals surface area contributed by atoms with E-state index in [4.69, 9.17) is 24.7 Å². The van der Waals surface area contributed by atoms with Crippen LogP contribution in [0, 0.1) is 0 Å². The molecule has 1 aromatic heterocycles. The molecule has 3 N–H and O–H groups in total. The van der Waals surface area contributed by atoms with Crippen LogP contribution in [-0.2, 0) is 20.8 Å². The van der Waals surface area contributed by atoms with Gasteiger partial charge in [0.15, 0.2) is 0 Å². The molecule has 0 unspecified atom stereocenters. The number of rotatable bonds is 8. The highest BCUT2D eigenvalue weighted by Gasteiger charge is 2.29. The molecule has 0 amide bonds. The van der Waals surface area contributed by atoms with Crippen LogP contribution in [0.5, 0.6) is 11.5 Å². The van der Waals surface area contributed by atoms with Crippen molar-refractivity contribution in [1.29, 1.82) is 0 Å². The van der Waals surface area contributed by atoms with E-state index in [0.717, 1.165) is 11.3 Å². The highest BCUT2D eigenvalue weighted by atomic mass is 32.1. The van der Waals surface area contributed by atoms with Crippen LogP contribution >= 0.6 is 11.3 Å².